The molecular formula is C60H30N12. The van der Waals surface area contributed by atoms with Crippen LogP contribution in [0.15, 0.2) is 146 Å². The zero-order chi connectivity index (χ0) is 46.2. The number of rotatable bonds is 0. The summed E-state index contributed by atoms with van der Waals surface area (Å²) in [5.41, 5.74) is 20.2. The Morgan fingerprint density at radius 2 is 0.333 bits per heavy atom. The van der Waals surface area contributed by atoms with E-state index in [1.807, 2.05) is 0 Å². The Kier molecular flexibility index (Phi) is 6.05. The first-order valence-electron chi connectivity index (χ1n) is 24.1. The summed E-state index contributed by atoms with van der Waals surface area (Å²) in [5.74, 6) is 0. The van der Waals surface area contributed by atoms with Crippen LogP contribution in [0.25, 0.3) is 197 Å². The summed E-state index contributed by atoms with van der Waals surface area (Å²) in [7, 11) is 0. The highest BCUT2D eigenvalue weighted by molar-refractivity contribution is 6.39. The molecule has 72 heavy (non-hydrogen) atoms. The molecule has 6 N–H and O–H groups in total. The third-order valence-corrected chi connectivity index (χ3v) is 15.8. The maximum absolute atomic E-state index is 5.86. The van der Waals surface area contributed by atoms with Gasteiger partial charge in [0.05, 0.1) is 33.1 Å². The molecule has 12 nitrogen and oxygen atoms in total. The smallest absolute Gasteiger partial charge is 0.120 e. The number of aromatic amines is 6. The normalized spacial score (nSPS) is 13.0. The number of nitrogens with zero attached hydrogens (tertiary/aromatic N) is 6. The monoisotopic (exact) mass is 918 g/mol. The van der Waals surface area contributed by atoms with Gasteiger partial charge in [0.1, 0.15) is 66.2 Å². The average Bonchev–Trinajstić information content (AvgIpc) is 4.29. The Labute approximate surface area is 400 Å². The van der Waals surface area contributed by atoms with Crippen molar-refractivity contribution in [1.29, 1.82) is 0 Å². The van der Waals surface area contributed by atoms with Gasteiger partial charge >= 0.3 is 0 Å². The number of nitrogens with one attached hydrogen (secondary N) is 6. The van der Waals surface area contributed by atoms with E-state index in [0.29, 0.717) is 33.1 Å². The van der Waals surface area contributed by atoms with Crippen LogP contribution in [0.2, 0.25) is 0 Å². The van der Waals surface area contributed by atoms with Gasteiger partial charge in [-0.15, -0.1) is 0 Å². The second-order valence-corrected chi connectivity index (χ2v) is 19.4. The van der Waals surface area contributed by atoms with Crippen LogP contribution in [-0.2, 0) is 0 Å². The Balaban J connectivity index is 1.12. The van der Waals surface area contributed by atoms with E-state index < -0.39 is 0 Å². The summed E-state index contributed by atoms with van der Waals surface area (Å²) in [4.78, 5) is 57.9. The lowest BCUT2D eigenvalue weighted by atomic mass is 10.0. The zero-order valence-corrected chi connectivity index (χ0v) is 37.5. The maximum Gasteiger partial charge on any atom is 0.120 e. The van der Waals surface area contributed by atoms with Crippen LogP contribution in [0.3, 0.4) is 0 Å². The molecule has 0 radical (unpaired) electrons. The van der Waals surface area contributed by atoms with Gasteiger partial charge in [0, 0.05) is 97.7 Å². The molecule has 0 aliphatic rings. The minimum absolute atomic E-state index is 0.606. The Morgan fingerprint density at radius 1 is 0.181 bits per heavy atom. The van der Waals surface area contributed by atoms with E-state index in [9.17, 15) is 0 Å². The number of benzene rings is 10. The number of hydrogen-bond acceptors (Lipinski definition) is 6. The lowest BCUT2D eigenvalue weighted by molar-refractivity contribution is 1.36. The summed E-state index contributed by atoms with van der Waals surface area (Å²) in [6.07, 6.45) is 0. The van der Waals surface area contributed by atoms with Gasteiger partial charge in [-0.05, 0) is 36.4 Å². The van der Waals surface area contributed by atoms with Crippen molar-refractivity contribution in [2.45, 2.75) is 0 Å². The topological polar surface area (TPSA) is 172 Å². The number of para-hydroxylation sites is 6. The molecule has 9 aromatic heterocycles. The Bertz CT molecular complexity index is 4840. The number of fused-ring (bicyclic) bond motifs is 36. The molecule has 12 heteroatoms. The van der Waals surface area contributed by atoms with Crippen molar-refractivity contribution in [3.05, 3.63) is 146 Å². The Morgan fingerprint density at radius 3 is 0.500 bits per heavy atom. The fourth-order valence-electron chi connectivity index (χ4n) is 12.8. The molecule has 0 saturated heterocycles. The van der Waals surface area contributed by atoms with E-state index in [2.05, 4.69) is 175 Å². The number of aromatic nitrogens is 12. The van der Waals surface area contributed by atoms with Crippen LogP contribution in [0.1, 0.15) is 0 Å². The van der Waals surface area contributed by atoms with E-state index in [4.69, 9.17) is 29.9 Å². The van der Waals surface area contributed by atoms with Crippen LogP contribution < -0.4 is 0 Å². The van der Waals surface area contributed by atoms with Gasteiger partial charge < -0.3 is 29.9 Å². The van der Waals surface area contributed by atoms with Crippen molar-refractivity contribution >= 4 is 197 Å². The first kappa shape index (κ1) is 35.9. The highest BCUT2D eigenvalue weighted by atomic mass is 15.0. The molecule has 0 unspecified atom stereocenters. The van der Waals surface area contributed by atoms with Crippen LogP contribution >= 0.6 is 0 Å². The molecule has 330 valence electrons. The van der Waals surface area contributed by atoms with E-state index in [1.54, 1.807) is 0 Å². The molecule has 0 atom stereocenters. The second-order valence-electron chi connectivity index (χ2n) is 19.4. The molecule has 0 fully saturated rings. The molecule has 0 amide bonds. The van der Waals surface area contributed by atoms with Gasteiger partial charge in [0.15, 0.2) is 0 Å². The number of H-pyrrole nitrogens is 6. The predicted molar refractivity (Wildman–Crippen MR) is 294 cm³/mol. The first-order chi connectivity index (χ1) is 35.7. The SMILES string of the molecule is c1ccc2c(c1)[nH]c1c3[nH]c4ccccc4c3c3nc4c(nc3c21)c1nc2c(nc1c1nc3c(nc41)c1c4ccccc4[nH]c1c1[nH]c4ccccc4c31)c1c3ccccc3[nH]c1c1[nH]c3ccccc3c21. The number of hydrogen-bond donors (Lipinski definition) is 6. The van der Waals surface area contributed by atoms with E-state index in [0.717, 1.165) is 164 Å². The van der Waals surface area contributed by atoms with Crippen molar-refractivity contribution in [3.8, 4) is 0 Å². The summed E-state index contributed by atoms with van der Waals surface area (Å²) in [5, 5.41) is 12.3. The third-order valence-electron chi connectivity index (χ3n) is 15.8. The van der Waals surface area contributed by atoms with Crippen molar-refractivity contribution in [2.24, 2.45) is 0 Å². The largest absolute Gasteiger partial charge is 0.353 e. The molecule has 19 aromatic rings. The van der Waals surface area contributed by atoms with Gasteiger partial charge in [-0.25, -0.2) is 29.9 Å². The fourth-order valence-corrected chi connectivity index (χ4v) is 12.8. The second kappa shape index (κ2) is 12.1. The van der Waals surface area contributed by atoms with Crippen LogP contribution in [0.5, 0.6) is 0 Å². The van der Waals surface area contributed by atoms with Gasteiger partial charge in [0.2, 0.25) is 0 Å². The van der Waals surface area contributed by atoms with Crippen LogP contribution in [-0.4, -0.2) is 59.8 Å². The molecular weight excluding hydrogens is 889 g/mol. The summed E-state index contributed by atoms with van der Waals surface area (Å²) >= 11 is 0. The summed E-state index contributed by atoms with van der Waals surface area (Å²) in [6.45, 7) is 0. The third kappa shape index (κ3) is 4.13. The van der Waals surface area contributed by atoms with Gasteiger partial charge in [-0.3, -0.25) is 0 Å². The van der Waals surface area contributed by atoms with Gasteiger partial charge in [-0.1, -0.05) is 109 Å². The average molecular weight is 919 g/mol. The zero-order valence-electron chi connectivity index (χ0n) is 37.5. The van der Waals surface area contributed by atoms with Crippen molar-refractivity contribution in [2.75, 3.05) is 0 Å². The van der Waals surface area contributed by atoms with E-state index in [-0.39, 0.29) is 0 Å². The molecule has 0 aliphatic heterocycles. The van der Waals surface area contributed by atoms with Crippen LogP contribution in [0.4, 0.5) is 0 Å². The van der Waals surface area contributed by atoms with Crippen molar-refractivity contribution in [3.63, 3.8) is 0 Å². The highest BCUT2D eigenvalue weighted by Crippen LogP contribution is 2.47. The summed E-state index contributed by atoms with van der Waals surface area (Å²) in [6, 6.07) is 50.6. The predicted octanol–water partition coefficient (Wildman–Crippen LogP) is 14.8. The summed E-state index contributed by atoms with van der Waals surface area (Å²) < 4.78 is 0. The van der Waals surface area contributed by atoms with E-state index in [1.165, 1.54) is 0 Å². The van der Waals surface area contributed by atoms with Gasteiger partial charge in [-0.2, -0.15) is 0 Å². The molecule has 0 saturated carbocycles. The molecule has 0 spiro atoms. The molecule has 19 rings (SSSR count). The quantitative estimate of drug-likeness (QED) is 0.0653. The van der Waals surface area contributed by atoms with Crippen LogP contribution in [0, 0.1) is 0 Å². The van der Waals surface area contributed by atoms with Gasteiger partial charge in [0.25, 0.3) is 0 Å². The van der Waals surface area contributed by atoms with Crippen molar-refractivity contribution < 1.29 is 0 Å². The fraction of sp³-hybridized carbons (Fsp3) is 0. The minimum Gasteiger partial charge on any atom is -0.353 e. The van der Waals surface area contributed by atoms with E-state index >= 15 is 0 Å². The molecule has 10 aromatic carbocycles. The molecule has 9 heterocycles. The minimum atomic E-state index is 0.606. The maximum atomic E-state index is 5.86. The lowest BCUT2D eigenvalue weighted by Gasteiger charge is -2.13. The molecule has 0 aliphatic carbocycles. The molecule has 0 bridgehead atoms. The highest BCUT2D eigenvalue weighted by Gasteiger charge is 2.28. The standard InChI is InChI=1S/C60H30N12/c1-7-19-31-25(13-1)37-43(61-31)44-38(26-14-2-8-20-32(26)62-44)50-49(37)67-55-56(68-50)58-60(72-54-42-30-18-6-12-24-36(30)66-48(42)47-41(53(54)70-58)29-17-5-11-23-35(29)65-47)59-57(55)69-51-39-27-15-3-9-21-33(27)63-45(39)46-40(52(51)71-59)28-16-4-10-22-34(28)64-46/h1-24,61-66H. The Hall–Kier alpha value is -10.2. The first-order valence-corrected chi connectivity index (χ1v) is 24.1. The lowest BCUT2D eigenvalue weighted by Crippen LogP contribution is -2.00. The van der Waals surface area contributed by atoms with Crippen molar-refractivity contribution in [1.82, 2.24) is 59.8 Å².